The van der Waals surface area contributed by atoms with Crippen LogP contribution in [0.2, 0.25) is 0 Å². The fraction of sp³-hybridized carbons (Fsp3) is 0.438. The number of methoxy groups -OCH3 is 2. The number of aryl methyl sites for hydroxylation is 1. The molecule has 0 unspecified atom stereocenters. The van der Waals surface area contributed by atoms with Gasteiger partial charge in [0.1, 0.15) is 6.33 Å². The van der Waals surface area contributed by atoms with Gasteiger partial charge in [0.15, 0.2) is 11.5 Å². The number of carbonyl (C=O) groups excluding carboxylic acids is 1. The molecule has 0 fully saturated rings. The molecule has 11 heteroatoms. The number of fused-ring (bicyclic) bond motifs is 1. The number of ether oxygens (including phenoxy) is 2. The van der Waals surface area contributed by atoms with Gasteiger partial charge < -0.3 is 19.4 Å². The van der Waals surface area contributed by atoms with E-state index in [-0.39, 0.29) is 6.54 Å². The van der Waals surface area contributed by atoms with Crippen molar-refractivity contribution in [3.8, 4) is 11.5 Å². The number of nitrogens with two attached hydrogens (primary N) is 1. The van der Waals surface area contributed by atoms with Gasteiger partial charge in [0.05, 0.1) is 25.4 Å². The average Bonchev–Trinajstić information content (AvgIpc) is 2.62. The maximum absolute atomic E-state index is 11.3. The molecule has 1 amide bonds. The van der Waals surface area contributed by atoms with Gasteiger partial charge in [-0.1, -0.05) is 6.42 Å². The Morgan fingerprint density at radius 2 is 1.81 bits per heavy atom. The summed E-state index contributed by atoms with van der Waals surface area (Å²) in [5.74, 6) is 1.20. The van der Waals surface area contributed by atoms with Crippen LogP contribution in [0.15, 0.2) is 18.5 Å². The van der Waals surface area contributed by atoms with Gasteiger partial charge >= 0.3 is 16.4 Å². The Kier molecular flexibility index (Phi) is 7.13. The fourth-order valence-corrected chi connectivity index (χ4v) is 3.23. The highest BCUT2D eigenvalue weighted by Gasteiger charge is 2.13. The standard InChI is InChI=1S/C16H22N4O6S/c1-24-14-8-11-12(18-10-19-13(11)9-15(14)25-2)6-4-3-5-7-20-27(22,23)26-16(17)21/h8-10,20H,3-7H2,1-2H3,(H2,17,21). The van der Waals surface area contributed by atoms with Crippen molar-refractivity contribution in [3.63, 3.8) is 0 Å². The lowest BCUT2D eigenvalue weighted by Crippen LogP contribution is -2.31. The number of carbonyl (C=O) groups is 1. The zero-order valence-corrected chi connectivity index (χ0v) is 15.9. The number of rotatable bonds is 10. The van der Waals surface area contributed by atoms with Crippen molar-refractivity contribution in [2.75, 3.05) is 20.8 Å². The number of primary amides is 1. The summed E-state index contributed by atoms with van der Waals surface area (Å²) in [5, 5.41) is 0.880. The summed E-state index contributed by atoms with van der Waals surface area (Å²) < 4.78 is 39.3. The average molecular weight is 398 g/mol. The van der Waals surface area contributed by atoms with E-state index in [0.29, 0.717) is 24.3 Å². The van der Waals surface area contributed by atoms with Crippen LogP contribution in [0, 0.1) is 0 Å². The quantitative estimate of drug-likeness (QED) is 0.570. The summed E-state index contributed by atoms with van der Waals surface area (Å²) in [7, 11) is -1.00. The van der Waals surface area contributed by atoms with Gasteiger partial charge in [0.2, 0.25) is 0 Å². The smallest absolute Gasteiger partial charge is 0.421 e. The Balaban J connectivity index is 1.91. The van der Waals surface area contributed by atoms with E-state index >= 15 is 0 Å². The first kappa shape index (κ1) is 20.6. The van der Waals surface area contributed by atoms with E-state index in [1.54, 1.807) is 20.3 Å². The summed E-state index contributed by atoms with van der Waals surface area (Å²) in [6.45, 7) is 0.144. The Bertz CT molecular complexity index is 903. The maximum atomic E-state index is 11.3. The SMILES string of the molecule is COc1cc2ncnc(CCCCCNS(=O)(=O)OC(N)=O)c2cc1OC. The van der Waals surface area contributed by atoms with E-state index in [4.69, 9.17) is 9.47 Å². The minimum atomic E-state index is -4.13. The summed E-state index contributed by atoms with van der Waals surface area (Å²) in [6, 6.07) is 3.64. The Labute approximate surface area is 157 Å². The van der Waals surface area contributed by atoms with Crippen LogP contribution in [0.5, 0.6) is 11.5 Å². The van der Waals surface area contributed by atoms with Crippen LogP contribution in [0.25, 0.3) is 10.9 Å². The summed E-state index contributed by atoms with van der Waals surface area (Å²) in [6.07, 6.45) is 2.93. The molecule has 0 aliphatic rings. The highest BCUT2D eigenvalue weighted by Crippen LogP contribution is 2.32. The fourth-order valence-electron chi connectivity index (χ4n) is 2.56. The molecular weight excluding hydrogens is 376 g/mol. The van der Waals surface area contributed by atoms with Crippen molar-refractivity contribution in [1.82, 2.24) is 14.7 Å². The van der Waals surface area contributed by atoms with Gasteiger partial charge in [-0.15, -0.1) is 0 Å². The van der Waals surface area contributed by atoms with Crippen LogP contribution in [0.1, 0.15) is 25.0 Å². The normalized spacial score (nSPS) is 11.3. The number of benzene rings is 1. The number of unbranched alkanes of at least 4 members (excludes halogenated alkanes) is 2. The topological polar surface area (TPSA) is 143 Å². The number of hydrogen-bond donors (Lipinski definition) is 2. The second-order valence-corrected chi connectivity index (χ2v) is 6.97. The first-order chi connectivity index (χ1) is 12.9. The van der Waals surface area contributed by atoms with E-state index in [1.807, 2.05) is 6.07 Å². The second-order valence-electron chi connectivity index (χ2n) is 5.61. The molecule has 2 aromatic rings. The largest absolute Gasteiger partial charge is 0.493 e. The molecule has 0 aliphatic carbocycles. The van der Waals surface area contributed by atoms with Crippen LogP contribution in [-0.2, 0) is 20.9 Å². The lowest BCUT2D eigenvalue weighted by atomic mass is 10.1. The molecule has 0 bridgehead atoms. The first-order valence-electron chi connectivity index (χ1n) is 8.20. The Morgan fingerprint density at radius 1 is 1.11 bits per heavy atom. The Morgan fingerprint density at radius 3 is 2.48 bits per heavy atom. The molecule has 0 saturated carbocycles. The number of aromatic nitrogens is 2. The molecule has 3 N–H and O–H groups in total. The molecule has 0 aliphatic heterocycles. The third kappa shape index (κ3) is 5.93. The lowest BCUT2D eigenvalue weighted by molar-refractivity contribution is 0.212. The van der Waals surface area contributed by atoms with Crippen LogP contribution < -0.4 is 19.9 Å². The molecule has 0 saturated heterocycles. The lowest BCUT2D eigenvalue weighted by Gasteiger charge is -2.11. The van der Waals surface area contributed by atoms with Gasteiger partial charge in [0.25, 0.3) is 0 Å². The van der Waals surface area contributed by atoms with E-state index in [1.165, 1.54) is 6.33 Å². The minimum Gasteiger partial charge on any atom is -0.493 e. The number of amides is 1. The van der Waals surface area contributed by atoms with E-state index in [2.05, 4.69) is 24.6 Å². The van der Waals surface area contributed by atoms with Crippen LogP contribution in [0.3, 0.4) is 0 Å². The first-order valence-corrected chi connectivity index (χ1v) is 9.61. The van der Waals surface area contributed by atoms with Crippen molar-refractivity contribution in [2.24, 2.45) is 5.73 Å². The van der Waals surface area contributed by atoms with Crippen molar-refractivity contribution in [3.05, 3.63) is 24.2 Å². The number of hydrogen-bond acceptors (Lipinski definition) is 8. The Hall–Kier alpha value is -2.66. The minimum absolute atomic E-state index is 0.144. The predicted molar refractivity (Wildman–Crippen MR) is 97.8 cm³/mol. The molecular formula is C16H22N4O6S. The third-order valence-corrected chi connectivity index (χ3v) is 4.73. The van der Waals surface area contributed by atoms with Crippen molar-refractivity contribution in [1.29, 1.82) is 0 Å². The zero-order valence-electron chi connectivity index (χ0n) is 15.1. The maximum Gasteiger partial charge on any atom is 0.421 e. The van der Waals surface area contributed by atoms with Crippen molar-refractivity contribution >= 4 is 27.3 Å². The van der Waals surface area contributed by atoms with Gasteiger partial charge in [-0.05, 0) is 25.3 Å². The predicted octanol–water partition coefficient (Wildman–Crippen LogP) is 1.29. The van der Waals surface area contributed by atoms with Gasteiger partial charge in [-0.2, -0.15) is 13.1 Å². The number of nitrogens with one attached hydrogen (secondary N) is 1. The van der Waals surface area contributed by atoms with Crippen molar-refractivity contribution < 1.29 is 26.9 Å². The summed E-state index contributed by atoms with van der Waals surface area (Å²) in [5.41, 5.74) is 6.30. The highest BCUT2D eigenvalue weighted by molar-refractivity contribution is 7.85. The van der Waals surface area contributed by atoms with Gasteiger partial charge in [0, 0.05) is 18.0 Å². The second kappa shape index (κ2) is 9.33. The molecule has 0 atom stereocenters. The monoisotopic (exact) mass is 398 g/mol. The molecule has 1 aromatic carbocycles. The van der Waals surface area contributed by atoms with E-state index in [0.717, 1.165) is 29.4 Å². The van der Waals surface area contributed by atoms with Crippen LogP contribution in [0.4, 0.5) is 4.79 Å². The molecule has 148 valence electrons. The zero-order chi connectivity index (χ0) is 19.9. The van der Waals surface area contributed by atoms with E-state index in [9.17, 15) is 13.2 Å². The summed E-state index contributed by atoms with van der Waals surface area (Å²) >= 11 is 0. The molecule has 27 heavy (non-hydrogen) atoms. The highest BCUT2D eigenvalue weighted by atomic mass is 32.2. The third-order valence-electron chi connectivity index (χ3n) is 3.78. The molecule has 1 aromatic heterocycles. The molecule has 0 spiro atoms. The molecule has 1 heterocycles. The van der Waals surface area contributed by atoms with Crippen molar-refractivity contribution in [2.45, 2.75) is 25.7 Å². The van der Waals surface area contributed by atoms with Gasteiger partial charge in [-0.25, -0.2) is 14.8 Å². The van der Waals surface area contributed by atoms with E-state index < -0.39 is 16.4 Å². The molecule has 0 radical (unpaired) electrons. The molecule has 2 rings (SSSR count). The summed E-state index contributed by atoms with van der Waals surface area (Å²) in [4.78, 5) is 19.0. The number of nitrogens with zero attached hydrogens (tertiary/aromatic N) is 2. The molecule has 10 nitrogen and oxygen atoms in total. The van der Waals surface area contributed by atoms with Crippen LogP contribution in [-0.4, -0.2) is 45.2 Å². The van der Waals surface area contributed by atoms with Gasteiger partial charge in [-0.3, -0.25) is 0 Å². The van der Waals surface area contributed by atoms with Crippen LogP contribution >= 0.6 is 0 Å².